The molecule has 6 heteroatoms. The van der Waals surface area contributed by atoms with Crippen molar-refractivity contribution < 1.29 is 23.5 Å². The summed E-state index contributed by atoms with van der Waals surface area (Å²) in [6.07, 6.45) is 3.93. The van der Waals surface area contributed by atoms with Gasteiger partial charge in [-0.2, -0.15) is 0 Å². The minimum atomic E-state index is -1.07. The number of carboxylic acid groups (broad SMARTS) is 1. The zero-order valence-electron chi connectivity index (χ0n) is 10.5. The number of aliphatic carboxylic acids is 1. The van der Waals surface area contributed by atoms with E-state index in [-0.39, 0.29) is 18.5 Å². The summed E-state index contributed by atoms with van der Waals surface area (Å²) in [6, 6.07) is 2.70. The van der Waals surface area contributed by atoms with E-state index in [1.807, 2.05) is 0 Å². The second-order valence-electron chi connectivity index (χ2n) is 4.61. The molecular weight excluding hydrogens is 268 g/mol. The first kappa shape index (κ1) is 14.2. The molecule has 106 valence electrons. The number of hydrogen-bond donors (Lipinski definition) is 2. The van der Waals surface area contributed by atoms with E-state index in [0.29, 0.717) is 0 Å². The first-order valence-corrected chi connectivity index (χ1v) is 6.12. The molecule has 0 spiro atoms. The van der Waals surface area contributed by atoms with Crippen LogP contribution in [-0.4, -0.2) is 17.0 Å². The van der Waals surface area contributed by atoms with Gasteiger partial charge in [-0.1, -0.05) is 12.2 Å². The van der Waals surface area contributed by atoms with E-state index in [1.54, 1.807) is 12.2 Å². The van der Waals surface area contributed by atoms with Crippen LogP contribution in [0.4, 0.5) is 14.5 Å². The van der Waals surface area contributed by atoms with Crippen molar-refractivity contribution in [1.29, 1.82) is 0 Å². The molecule has 1 aliphatic carbocycles. The minimum absolute atomic E-state index is 0.249. The van der Waals surface area contributed by atoms with Crippen molar-refractivity contribution in [3.63, 3.8) is 0 Å². The molecule has 4 nitrogen and oxygen atoms in total. The molecule has 1 aliphatic rings. The van der Waals surface area contributed by atoms with Crippen LogP contribution in [0.15, 0.2) is 30.4 Å². The average Bonchev–Trinajstić information content (AvgIpc) is 2.42. The number of hydrogen-bond acceptors (Lipinski definition) is 2. The summed E-state index contributed by atoms with van der Waals surface area (Å²) in [5, 5.41) is 11.3. The fourth-order valence-corrected chi connectivity index (χ4v) is 2.20. The van der Waals surface area contributed by atoms with Crippen LogP contribution in [0.1, 0.15) is 12.8 Å². The molecule has 2 atom stereocenters. The van der Waals surface area contributed by atoms with Gasteiger partial charge in [-0.15, -0.1) is 0 Å². The van der Waals surface area contributed by atoms with Gasteiger partial charge in [0.05, 0.1) is 17.5 Å². The summed E-state index contributed by atoms with van der Waals surface area (Å²) in [4.78, 5) is 23.1. The first-order chi connectivity index (χ1) is 9.49. The predicted octanol–water partition coefficient (Wildman–Crippen LogP) is 2.57. The third-order valence-corrected chi connectivity index (χ3v) is 3.27. The van der Waals surface area contributed by atoms with Crippen LogP contribution in [0.5, 0.6) is 0 Å². The quantitative estimate of drug-likeness (QED) is 0.837. The normalized spacial score (nSPS) is 21.5. The Hall–Kier alpha value is -2.24. The van der Waals surface area contributed by atoms with Gasteiger partial charge >= 0.3 is 5.97 Å². The third-order valence-electron chi connectivity index (χ3n) is 3.27. The molecule has 0 radical (unpaired) electrons. The summed E-state index contributed by atoms with van der Waals surface area (Å²) < 4.78 is 26.5. The number of carboxylic acids is 1. The van der Waals surface area contributed by atoms with Crippen molar-refractivity contribution in [3.05, 3.63) is 42.0 Å². The van der Waals surface area contributed by atoms with Gasteiger partial charge in [0, 0.05) is 6.07 Å². The van der Waals surface area contributed by atoms with Crippen molar-refractivity contribution in [2.24, 2.45) is 11.8 Å². The second-order valence-corrected chi connectivity index (χ2v) is 4.61. The third kappa shape index (κ3) is 3.01. The molecule has 2 N–H and O–H groups in total. The second kappa shape index (κ2) is 5.81. The Morgan fingerprint density at radius 3 is 2.45 bits per heavy atom. The summed E-state index contributed by atoms with van der Waals surface area (Å²) in [5.74, 6) is -4.78. The highest BCUT2D eigenvalue weighted by atomic mass is 19.1. The zero-order chi connectivity index (χ0) is 14.7. The fourth-order valence-electron chi connectivity index (χ4n) is 2.20. The molecule has 0 bridgehead atoms. The van der Waals surface area contributed by atoms with Crippen molar-refractivity contribution >= 4 is 17.6 Å². The van der Waals surface area contributed by atoms with E-state index in [9.17, 15) is 18.4 Å². The monoisotopic (exact) mass is 281 g/mol. The van der Waals surface area contributed by atoms with Gasteiger partial charge < -0.3 is 10.4 Å². The Morgan fingerprint density at radius 2 is 1.80 bits per heavy atom. The van der Waals surface area contributed by atoms with Gasteiger partial charge in [0.25, 0.3) is 0 Å². The van der Waals surface area contributed by atoms with Crippen molar-refractivity contribution in [1.82, 2.24) is 0 Å². The maximum Gasteiger partial charge on any atom is 0.307 e. The number of rotatable bonds is 3. The molecule has 2 rings (SSSR count). The molecule has 0 unspecified atom stereocenters. The molecule has 0 saturated heterocycles. The molecule has 0 saturated carbocycles. The first-order valence-electron chi connectivity index (χ1n) is 6.12. The number of benzene rings is 1. The molecule has 20 heavy (non-hydrogen) atoms. The molecule has 0 heterocycles. The van der Waals surface area contributed by atoms with Crippen LogP contribution < -0.4 is 5.32 Å². The van der Waals surface area contributed by atoms with Crippen molar-refractivity contribution in [2.75, 3.05) is 5.32 Å². The highest BCUT2D eigenvalue weighted by Crippen LogP contribution is 2.27. The Bertz CT molecular complexity index is 572. The van der Waals surface area contributed by atoms with Crippen LogP contribution >= 0.6 is 0 Å². The van der Waals surface area contributed by atoms with Gasteiger partial charge in [-0.05, 0) is 25.0 Å². The zero-order valence-corrected chi connectivity index (χ0v) is 10.5. The topological polar surface area (TPSA) is 66.4 Å². The molecule has 0 fully saturated rings. The minimum Gasteiger partial charge on any atom is -0.481 e. The SMILES string of the molecule is O=C(O)[C@H]1CC=CC[C@H]1C(=O)Nc1cc(F)ccc1F. The lowest BCUT2D eigenvalue weighted by Gasteiger charge is -2.24. The highest BCUT2D eigenvalue weighted by Gasteiger charge is 2.34. The molecular formula is C14H13F2NO3. The van der Waals surface area contributed by atoms with Crippen LogP contribution in [0.25, 0.3) is 0 Å². The number of allylic oxidation sites excluding steroid dienone is 2. The molecule has 0 aromatic heterocycles. The number of carbonyl (C=O) groups is 2. The fraction of sp³-hybridized carbons (Fsp3) is 0.286. The van der Waals surface area contributed by atoms with E-state index < -0.39 is 35.3 Å². The van der Waals surface area contributed by atoms with Crippen LogP contribution in [0.2, 0.25) is 0 Å². The number of nitrogens with one attached hydrogen (secondary N) is 1. The Morgan fingerprint density at radius 1 is 1.15 bits per heavy atom. The maximum atomic E-state index is 13.4. The maximum absolute atomic E-state index is 13.4. The molecule has 1 amide bonds. The highest BCUT2D eigenvalue weighted by molar-refractivity contribution is 5.95. The number of amides is 1. The van der Waals surface area contributed by atoms with Gasteiger partial charge in [0.1, 0.15) is 11.6 Å². The Kier molecular flexibility index (Phi) is 4.12. The van der Waals surface area contributed by atoms with E-state index in [1.165, 1.54) is 0 Å². The van der Waals surface area contributed by atoms with E-state index in [0.717, 1.165) is 18.2 Å². The van der Waals surface area contributed by atoms with E-state index in [4.69, 9.17) is 5.11 Å². The largest absolute Gasteiger partial charge is 0.481 e. The van der Waals surface area contributed by atoms with Gasteiger partial charge in [0.2, 0.25) is 5.91 Å². The van der Waals surface area contributed by atoms with Crippen LogP contribution in [0, 0.1) is 23.5 Å². The standard InChI is InChI=1S/C14H13F2NO3/c15-8-5-6-11(16)12(7-8)17-13(18)9-3-1-2-4-10(9)14(19)20/h1-2,5-7,9-10H,3-4H2,(H,17,18)(H,19,20)/t9-,10+/m1/s1. The Balaban J connectivity index is 2.16. The number of halogens is 2. The lowest BCUT2D eigenvalue weighted by Crippen LogP contribution is -2.34. The van der Waals surface area contributed by atoms with Gasteiger partial charge in [-0.25, -0.2) is 8.78 Å². The summed E-state index contributed by atoms with van der Waals surface area (Å²) in [6.45, 7) is 0. The number of anilines is 1. The van der Waals surface area contributed by atoms with Crippen LogP contribution in [-0.2, 0) is 9.59 Å². The molecule has 1 aromatic carbocycles. The van der Waals surface area contributed by atoms with Gasteiger partial charge in [0.15, 0.2) is 0 Å². The van der Waals surface area contributed by atoms with E-state index in [2.05, 4.69) is 5.32 Å². The van der Waals surface area contributed by atoms with Crippen LogP contribution in [0.3, 0.4) is 0 Å². The molecule has 1 aromatic rings. The lowest BCUT2D eigenvalue weighted by molar-refractivity contribution is -0.146. The Labute approximate surface area is 114 Å². The summed E-state index contributed by atoms with van der Waals surface area (Å²) >= 11 is 0. The van der Waals surface area contributed by atoms with Gasteiger partial charge in [-0.3, -0.25) is 9.59 Å². The van der Waals surface area contributed by atoms with E-state index >= 15 is 0 Å². The molecule has 0 aliphatic heterocycles. The average molecular weight is 281 g/mol. The lowest BCUT2D eigenvalue weighted by atomic mass is 9.82. The summed E-state index contributed by atoms with van der Waals surface area (Å²) in [5.41, 5.74) is -0.284. The van der Waals surface area contributed by atoms with Crippen molar-refractivity contribution in [2.45, 2.75) is 12.8 Å². The smallest absolute Gasteiger partial charge is 0.307 e. The predicted molar refractivity (Wildman–Crippen MR) is 68.0 cm³/mol. The van der Waals surface area contributed by atoms with Crippen molar-refractivity contribution in [3.8, 4) is 0 Å². The number of carbonyl (C=O) groups excluding carboxylic acids is 1. The summed E-state index contributed by atoms with van der Waals surface area (Å²) in [7, 11) is 0.